The minimum Gasteiger partial charge on any atom is -0.326 e. The molecule has 9 heteroatoms. The summed E-state index contributed by atoms with van der Waals surface area (Å²) in [6, 6.07) is 5.44. The second-order valence-electron chi connectivity index (χ2n) is 6.95. The van der Waals surface area contributed by atoms with Gasteiger partial charge in [0.2, 0.25) is 11.8 Å². The van der Waals surface area contributed by atoms with E-state index in [1.54, 1.807) is 24.3 Å². The molecular weight excluding hydrogens is 364 g/mol. The summed E-state index contributed by atoms with van der Waals surface area (Å²) in [5.41, 5.74) is 0.892. The number of nitrogens with zero attached hydrogens (tertiary/aromatic N) is 2. The maximum Gasteiger partial charge on any atom is 0.334 e. The highest BCUT2D eigenvalue weighted by molar-refractivity contribution is 6.45. The first kappa shape index (κ1) is 19.5. The molecule has 0 atom stereocenters. The highest BCUT2D eigenvalue weighted by atomic mass is 16.2. The Morgan fingerprint density at radius 2 is 1.64 bits per heavy atom. The number of urea groups is 1. The third kappa shape index (κ3) is 4.19. The summed E-state index contributed by atoms with van der Waals surface area (Å²) in [6.45, 7) is 0.821. The first-order valence-electron chi connectivity index (χ1n) is 9.23. The van der Waals surface area contributed by atoms with Crippen LogP contribution in [0.1, 0.15) is 39.0 Å². The Kier molecular flexibility index (Phi) is 5.72. The zero-order valence-electron chi connectivity index (χ0n) is 15.6. The van der Waals surface area contributed by atoms with Gasteiger partial charge in [-0.2, -0.15) is 0 Å². The third-order valence-corrected chi connectivity index (χ3v) is 4.79. The van der Waals surface area contributed by atoms with E-state index >= 15 is 0 Å². The maximum atomic E-state index is 12.6. The zero-order chi connectivity index (χ0) is 20.3. The molecule has 3 rings (SSSR count). The second-order valence-corrected chi connectivity index (χ2v) is 6.95. The molecule has 1 aromatic rings. The molecule has 1 saturated heterocycles. The smallest absolute Gasteiger partial charge is 0.326 e. The Morgan fingerprint density at radius 1 is 1.00 bits per heavy atom. The summed E-state index contributed by atoms with van der Waals surface area (Å²) in [6.07, 6.45) is 4.22. The van der Waals surface area contributed by atoms with Gasteiger partial charge in [-0.3, -0.25) is 24.1 Å². The van der Waals surface area contributed by atoms with Crippen LogP contribution in [0.3, 0.4) is 0 Å². The van der Waals surface area contributed by atoms with Gasteiger partial charge in [0.25, 0.3) is 0 Å². The summed E-state index contributed by atoms with van der Waals surface area (Å²) in [7, 11) is 0. The number of hydrogen-bond acceptors (Lipinski definition) is 5. The number of benzene rings is 1. The second kappa shape index (κ2) is 8.20. The Hall–Kier alpha value is -3.23. The van der Waals surface area contributed by atoms with Crippen LogP contribution in [0, 0.1) is 0 Å². The van der Waals surface area contributed by atoms with Gasteiger partial charge in [-0.05, 0) is 31.0 Å². The standard InChI is InChI=1S/C19H22N4O5/c1-12(24)20-13-6-5-7-14(10-13)21-16(25)11-22-17(26)18(27)23(19(22)28)15-8-3-2-4-9-15/h5-7,10,15H,2-4,8-9,11H2,1H3,(H,20,24)(H,21,25). The molecule has 148 valence electrons. The van der Waals surface area contributed by atoms with Crippen molar-refractivity contribution in [3.63, 3.8) is 0 Å². The van der Waals surface area contributed by atoms with Gasteiger partial charge in [0, 0.05) is 24.3 Å². The summed E-state index contributed by atoms with van der Waals surface area (Å²) in [5.74, 6) is -2.70. The van der Waals surface area contributed by atoms with Crippen LogP contribution in [0.5, 0.6) is 0 Å². The highest BCUT2D eigenvalue weighted by Crippen LogP contribution is 2.27. The molecule has 9 nitrogen and oxygen atoms in total. The summed E-state index contributed by atoms with van der Waals surface area (Å²) in [4.78, 5) is 62.2. The normalized spacial score (nSPS) is 17.8. The van der Waals surface area contributed by atoms with E-state index in [0.717, 1.165) is 24.2 Å². The molecule has 2 fully saturated rings. The van der Waals surface area contributed by atoms with Crippen molar-refractivity contribution < 1.29 is 24.0 Å². The molecule has 0 radical (unpaired) electrons. The van der Waals surface area contributed by atoms with Gasteiger partial charge in [0.05, 0.1) is 0 Å². The van der Waals surface area contributed by atoms with Crippen molar-refractivity contribution in [3.05, 3.63) is 24.3 Å². The van der Waals surface area contributed by atoms with E-state index in [-0.39, 0.29) is 11.9 Å². The predicted molar refractivity (Wildman–Crippen MR) is 100 cm³/mol. The van der Waals surface area contributed by atoms with Crippen molar-refractivity contribution >= 4 is 41.0 Å². The fourth-order valence-corrected chi connectivity index (χ4v) is 3.55. The van der Waals surface area contributed by atoms with Gasteiger partial charge in [0.15, 0.2) is 0 Å². The van der Waals surface area contributed by atoms with E-state index in [4.69, 9.17) is 0 Å². The van der Waals surface area contributed by atoms with Crippen LogP contribution in [-0.2, 0) is 19.2 Å². The lowest BCUT2D eigenvalue weighted by Gasteiger charge is -2.28. The summed E-state index contributed by atoms with van der Waals surface area (Å²) in [5, 5.41) is 5.16. The number of anilines is 2. The molecule has 0 spiro atoms. The van der Waals surface area contributed by atoms with Crippen molar-refractivity contribution in [3.8, 4) is 0 Å². The molecule has 2 N–H and O–H groups in total. The Labute approximate surface area is 162 Å². The lowest BCUT2D eigenvalue weighted by atomic mass is 9.94. The summed E-state index contributed by atoms with van der Waals surface area (Å²) < 4.78 is 0. The lowest BCUT2D eigenvalue weighted by molar-refractivity contribution is -0.144. The van der Waals surface area contributed by atoms with Gasteiger partial charge < -0.3 is 10.6 Å². The molecule has 1 aliphatic heterocycles. The number of rotatable bonds is 5. The lowest BCUT2D eigenvalue weighted by Crippen LogP contribution is -2.43. The minimum absolute atomic E-state index is 0.252. The molecule has 0 unspecified atom stereocenters. The van der Waals surface area contributed by atoms with Gasteiger partial charge in [-0.15, -0.1) is 0 Å². The average molecular weight is 386 g/mol. The van der Waals surface area contributed by atoms with E-state index in [1.165, 1.54) is 6.92 Å². The molecule has 28 heavy (non-hydrogen) atoms. The number of imide groups is 2. The van der Waals surface area contributed by atoms with Crippen LogP contribution < -0.4 is 10.6 Å². The summed E-state index contributed by atoms with van der Waals surface area (Å²) >= 11 is 0. The SMILES string of the molecule is CC(=O)Nc1cccc(NC(=O)CN2C(=O)C(=O)N(C3CCCCC3)C2=O)c1. The fourth-order valence-electron chi connectivity index (χ4n) is 3.55. The zero-order valence-corrected chi connectivity index (χ0v) is 15.6. The van der Waals surface area contributed by atoms with E-state index in [0.29, 0.717) is 29.1 Å². The van der Waals surface area contributed by atoms with Gasteiger partial charge >= 0.3 is 17.8 Å². The number of amides is 6. The topological polar surface area (TPSA) is 116 Å². The Bertz CT molecular complexity index is 831. The van der Waals surface area contributed by atoms with E-state index in [2.05, 4.69) is 10.6 Å². The van der Waals surface area contributed by atoms with Crippen LogP contribution in [0.4, 0.5) is 16.2 Å². The molecule has 0 bridgehead atoms. The first-order chi connectivity index (χ1) is 13.4. The average Bonchev–Trinajstić information content (AvgIpc) is 2.85. The molecular formula is C19H22N4O5. The number of carbonyl (C=O) groups is 5. The monoisotopic (exact) mass is 386 g/mol. The van der Waals surface area contributed by atoms with Crippen molar-refractivity contribution in [2.24, 2.45) is 0 Å². The van der Waals surface area contributed by atoms with Crippen molar-refractivity contribution in [1.82, 2.24) is 9.80 Å². The van der Waals surface area contributed by atoms with Crippen molar-refractivity contribution in [2.45, 2.75) is 45.1 Å². The largest absolute Gasteiger partial charge is 0.334 e. The van der Waals surface area contributed by atoms with Gasteiger partial charge in [-0.25, -0.2) is 9.69 Å². The highest BCUT2D eigenvalue weighted by Gasteiger charge is 2.48. The molecule has 6 amide bonds. The predicted octanol–water partition coefficient (Wildman–Crippen LogP) is 1.71. The van der Waals surface area contributed by atoms with Gasteiger partial charge in [0.1, 0.15) is 6.54 Å². The molecule has 1 heterocycles. The molecule has 2 aliphatic rings. The van der Waals surface area contributed by atoms with Crippen LogP contribution >= 0.6 is 0 Å². The van der Waals surface area contributed by atoms with Crippen LogP contribution in [-0.4, -0.2) is 52.0 Å². The molecule has 1 saturated carbocycles. The van der Waals surface area contributed by atoms with E-state index in [1.807, 2.05) is 0 Å². The number of hydrogen-bond donors (Lipinski definition) is 2. The molecule has 1 aliphatic carbocycles. The number of nitrogens with one attached hydrogen (secondary N) is 2. The van der Waals surface area contributed by atoms with Crippen LogP contribution in [0.25, 0.3) is 0 Å². The number of carbonyl (C=O) groups excluding carboxylic acids is 5. The quantitative estimate of drug-likeness (QED) is 0.590. The molecule has 1 aromatic carbocycles. The maximum absolute atomic E-state index is 12.6. The third-order valence-electron chi connectivity index (χ3n) is 4.79. The molecule has 0 aromatic heterocycles. The minimum atomic E-state index is -0.974. The van der Waals surface area contributed by atoms with Crippen molar-refractivity contribution in [1.29, 1.82) is 0 Å². The fraction of sp³-hybridized carbons (Fsp3) is 0.421. The van der Waals surface area contributed by atoms with Crippen LogP contribution in [0.15, 0.2) is 24.3 Å². The Morgan fingerprint density at radius 3 is 2.29 bits per heavy atom. The van der Waals surface area contributed by atoms with Crippen LogP contribution in [0.2, 0.25) is 0 Å². The van der Waals surface area contributed by atoms with E-state index in [9.17, 15) is 24.0 Å². The van der Waals surface area contributed by atoms with Gasteiger partial charge in [-0.1, -0.05) is 25.3 Å². The van der Waals surface area contributed by atoms with E-state index < -0.39 is 30.3 Å². The van der Waals surface area contributed by atoms with Crippen molar-refractivity contribution in [2.75, 3.05) is 17.2 Å². The first-order valence-corrected chi connectivity index (χ1v) is 9.23. The Balaban J connectivity index is 1.65.